The summed E-state index contributed by atoms with van der Waals surface area (Å²) in [5.74, 6) is -0.201. The molecule has 4 aromatic rings. The average molecular weight is 506 g/mol. The number of pyridine rings is 1. The summed E-state index contributed by atoms with van der Waals surface area (Å²) in [7, 11) is 0. The van der Waals surface area contributed by atoms with Gasteiger partial charge in [-0.15, -0.1) is 0 Å². The number of rotatable bonds is 5. The van der Waals surface area contributed by atoms with Crippen LogP contribution in [-0.4, -0.2) is 30.9 Å². The molecule has 192 valence electrons. The molecular weight excluding hydrogens is 476 g/mol. The second-order valence-corrected chi connectivity index (χ2v) is 11.1. The molecule has 0 spiro atoms. The van der Waals surface area contributed by atoms with Crippen LogP contribution < -0.4 is 16.2 Å². The molecule has 4 heterocycles. The van der Waals surface area contributed by atoms with Crippen molar-refractivity contribution in [1.82, 2.24) is 29.6 Å². The Kier molecular flexibility index (Phi) is 5.24. The summed E-state index contributed by atoms with van der Waals surface area (Å²) in [4.78, 5) is 26.7. The summed E-state index contributed by atoms with van der Waals surface area (Å²) in [5, 5.41) is 7.03. The normalized spacial score (nSPS) is 17.1. The van der Waals surface area contributed by atoms with Crippen LogP contribution in [0.4, 0.5) is 20.4 Å². The van der Waals surface area contributed by atoms with Gasteiger partial charge in [-0.2, -0.15) is 4.98 Å². The molecule has 37 heavy (non-hydrogen) atoms. The Morgan fingerprint density at radius 1 is 1.16 bits per heavy atom. The predicted molar refractivity (Wildman–Crippen MR) is 138 cm³/mol. The van der Waals surface area contributed by atoms with E-state index in [-0.39, 0.29) is 28.5 Å². The maximum atomic E-state index is 14.7. The van der Waals surface area contributed by atoms with E-state index in [4.69, 9.17) is 0 Å². The van der Waals surface area contributed by atoms with Gasteiger partial charge in [-0.3, -0.25) is 4.79 Å². The number of nitrogens with zero attached hydrogens (tertiary/aromatic N) is 5. The molecule has 1 aliphatic carbocycles. The Hall–Kier alpha value is -3.66. The number of fused-ring (bicyclic) bond motifs is 2. The van der Waals surface area contributed by atoms with Crippen LogP contribution >= 0.6 is 0 Å². The second kappa shape index (κ2) is 8.17. The number of benzene rings is 1. The quantitative estimate of drug-likeness (QED) is 0.406. The molecule has 3 aromatic heterocycles. The Labute approximate surface area is 212 Å². The molecule has 1 aliphatic heterocycles. The molecule has 2 N–H and O–H groups in total. The molecule has 8 nitrogen and oxygen atoms in total. The van der Waals surface area contributed by atoms with Crippen molar-refractivity contribution in [3.8, 4) is 5.82 Å². The van der Waals surface area contributed by atoms with Crippen molar-refractivity contribution in [1.29, 1.82) is 0 Å². The highest BCUT2D eigenvalue weighted by Crippen LogP contribution is 2.36. The minimum Gasteiger partial charge on any atom is -0.324 e. The Morgan fingerprint density at radius 2 is 1.95 bits per heavy atom. The minimum absolute atomic E-state index is 0.0247. The van der Waals surface area contributed by atoms with Gasteiger partial charge in [0.1, 0.15) is 22.6 Å². The molecule has 0 atom stereocenters. The van der Waals surface area contributed by atoms with Gasteiger partial charge in [0.2, 0.25) is 5.95 Å². The summed E-state index contributed by atoms with van der Waals surface area (Å²) >= 11 is 0. The van der Waals surface area contributed by atoms with Gasteiger partial charge in [0.25, 0.3) is 5.56 Å². The van der Waals surface area contributed by atoms with Crippen LogP contribution in [0.25, 0.3) is 16.9 Å². The zero-order valence-corrected chi connectivity index (χ0v) is 21.3. The number of aromatic nitrogens is 5. The Balaban J connectivity index is 1.46. The summed E-state index contributed by atoms with van der Waals surface area (Å²) in [6, 6.07) is 8.79. The van der Waals surface area contributed by atoms with Crippen molar-refractivity contribution < 1.29 is 8.78 Å². The van der Waals surface area contributed by atoms with Gasteiger partial charge in [0.15, 0.2) is 11.5 Å². The number of alkyl halides is 1. The van der Waals surface area contributed by atoms with E-state index in [1.165, 1.54) is 43.3 Å². The molecule has 0 unspecified atom stereocenters. The lowest BCUT2D eigenvalue weighted by molar-refractivity contribution is 0.205. The van der Waals surface area contributed by atoms with Crippen molar-refractivity contribution >= 4 is 22.7 Å². The smallest absolute Gasteiger partial charge is 0.278 e. The van der Waals surface area contributed by atoms with Crippen molar-refractivity contribution in [2.75, 3.05) is 11.9 Å². The van der Waals surface area contributed by atoms with E-state index in [0.29, 0.717) is 17.0 Å². The first kappa shape index (κ1) is 23.7. The van der Waals surface area contributed by atoms with Gasteiger partial charge >= 0.3 is 0 Å². The van der Waals surface area contributed by atoms with Crippen molar-refractivity contribution in [2.24, 2.45) is 0 Å². The highest BCUT2D eigenvalue weighted by Gasteiger charge is 2.33. The molecule has 1 fully saturated rings. The number of anilines is 2. The lowest BCUT2D eigenvalue weighted by atomic mass is 9.79. The van der Waals surface area contributed by atoms with E-state index in [9.17, 15) is 13.6 Å². The minimum atomic E-state index is -1.99. The van der Waals surface area contributed by atoms with Crippen molar-refractivity contribution in [3.05, 3.63) is 69.5 Å². The van der Waals surface area contributed by atoms with Crippen LogP contribution in [0.3, 0.4) is 0 Å². The molecule has 10 heteroatoms. The number of hydrogen-bond acceptors (Lipinski definition) is 6. The van der Waals surface area contributed by atoms with E-state index in [1.54, 1.807) is 9.36 Å². The third-order valence-electron chi connectivity index (χ3n) is 7.10. The molecule has 0 bridgehead atoms. The molecule has 0 amide bonds. The van der Waals surface area contributed by atoms with Crippen LogP contribution in [0.5, 0.6) is 0 Å². The topological polar surface area (TPSA) is 89.7 Å². The number of hydrogen-bond donors (Lipinski definition) is 2. The fraction of sp³-hybridized carbons (Fsp3) is 0.407. The largest absolute Gasteiger partial charge is 0.324 e. The molecule has 6 rings (SSSR count). The van der Waals surface area contributed by atoms with Crippen LogP contribution in [-0.2, 0) is 17.6 Å². The van der Waals surface area contributed by atoms with E-state index in [1.807, 2.05) is 6.07 Å². The lowest BCUT2D eigenvalue weighted by Crippen LogP contribution is -2.38. The predicted octanol–water partition coefficient (Wildman–Crippen LogP) is 4.78. The maximum absolute atomic E-state index is 14.7. The van der Waals surface area contributed by atoms with Crippen LogP contribution in [0.15, 0.2) is 41.3 Å². The standard InChI is InChI=1S/C27H29F2N7O/c1-26(2)14-30-12-15-11-16(5-8-19(15)26)32-25-31-13-18-23(34-25)36(35(24(18)37)17-6-7-17)21-10-9-20(28)22(33-21)27(3,4)29/h5,8-11,13,17,30H,6-7,12,14H2,1-4H3,(H,31,32,34). The summed E-state index contributed by atoms with van der Waals surface area (Å²) in [6.07, 6.45) is 3.16. The van der Waals surface area contributed by atoms with Gasteiger partial charge in [0.05, 0.1) is 6.04 Å². The zero-order chi connectivity index (χ0) is 26.1. The van der Waals surface area contributed by atoms with Gasteiger partial charge in [-0.25, -0.2) is 28.1 Å². The summed E-state index contributed by atoms with van der Waals surface area (Å²) in [6.45, 7) is 8.63. The van der Waals surface area contributed by atoms with Crippen molar-refractivity contribution in [2.45, 2.75) is 64.2 Å². The highest BCUT2D eigenvalue weighted by molar-refractivity contribution is 5.77. The molecule has 0 radical (unpaired) electrons. The summed E-state index contributed by atoms with van der Waals surface area (Å²) in [5.41, 5.74) is 1.14. The fourth-order valence-corrected chi connectivity index (χ4v) is 5.11. The molecule has 2 aliphatic rings. The van der Waals surface area contributed by atoms with Gasteiger partial charge in [-0.1, -0.05) is 19.9 Å². The molecular formula is C27H29F2N7O. The Bertz CT molecular complexity index is 1600. The molecule has 1 aromatic carbocycles. The number of nitrogens with one attached hydrogen (secondary N) is 2. The van der Waals surface area contributed by atoms with Crippen molar-refractivity contribution in [3.63, 3.8) is 0 Å². The first-order valence-electron chi connectivity index (χ1n) is 12.5. The first-order valence-corrected chi connectivity index (χ1v) is 12.5. The zero-order valence-electron chi connectivity index (χ0n) is 21.3. The van der Waals surface area contributed by atoms with Crippen LogP contribution in [0.1, 0.15) is 63.4 Å². The molecule has 0 saturated heterocycles. The van der Waals surface area contributed by atoms with E-state index >= 15 is 0 Å². The molecule has 1 saturated carbocycles. The van der Waals surface area contributed by atoms with Crippen LogP contribution in [0, 0.1) is 5.82 Å². The van der Waals surface area contributed by atoms with Gasteiger partial charge < -0.3 is 10.6 Å². The Morgan fingerprint density at radius 3 is 2.68 bits per heavy atom. The third kappa shape index (κ3) is 4.09. The average Bonchev–Trinajstić information content (AvgIpc) is 3.62. The van der Waals surface area contributed by atoms with E-state index < -0.39 is 11.5 Å². The third-order valence-corrected chi connectivity index (χ3v) is 7.10. The summed E-state index contributed by atoms with van der Waals surface area (Å²) < 4.78 is 32.3. The van der Waals surface area contributed by atoms with E-state index in [0.717, 1.165) is 31.6 Å². The van der Waals surface area contributed by atoms with E-state index in [2.05, 4.69) is 51.6 Å². The maximum Gasteiger partial charge on any atom is 0.278 e. The van der Waals surface area contributed by atoms with Gasteiger partial charge in [-0.05, 0) is 62.1 Å². The highest BCUT2D eigenvalue weighted by atomic mass is 19.1. The SMILES string of the molecule is CC(C)(F)c1nc(-n2c3nc(Nc4ccc5c(c4)CNCC5(C)C)ncc3c(=O)n2C2CC2)ccc1F. The monoisotopic (exact) mass is 505 g/mol. The fourth-order valence-electron chi connectivity index (χ4n) is 5.11. The second-order valence-electron chi connectivity index (χ2n) is 11.1. The lowest BCUT2D eigenvalue weighted by Gasteiger charge is -2.33. The number of halogens is 2. The van der Waals surface area contributed by atoms with Crippen LogP contribution in [0.2, 0.25) is 0 Å². The first-order chi connectivity index (χ1) is 17.5. The van der Waals surface area contributed by atoms with Gasteiger partial charge in [0, 0.05) is 30.4 Å².